The fourth-order valence-electron chi connectivity index (χ4n) is 3.80. The fraction of sp³-hybridized carbons (Fsp3) is 0.526. The number of aliphatic carboxylic acids is 1. The van der Waals surface area contributed by atoms with E-state index in [1.165, 1.54) is 5.56 Å². The molecule has 170 valence electrons. The zero-order chi connectivity index (χ0) is 22.6. The zero-order valence-electron chi connectivity index (χ0n) is 16.7. The standard InChI is InChI=1S/C17H22N4O2S.C2HF3O2/c1-20-6-5-18-16(20)17(22)19-13-10-21(9-12-4-8-24-11-12)14-3-2-7-23-15(13)14;3-2(4,5)1(6)7/h4-6,8,11,13-15H,2-3,7,9-10H2,1H3,(H,19,22);(H,6,7)/t13-,14-,15-;/m1./s1. The van der Waals surface area contributed by atoms with Gasteiger partial charge in [-0.3, -0.25) is 9.69 Å². The van der Waals surface area contributed by atoms with Crippen LogP contribution >= 0.6 is 11.3 Å². The minimum Gasteiger partial charge on any atom is -0.475 e. The number of nitrogens with zero attached hydrogens (tertiary/aromatic N) is 3. The number of amides is 1. The third-order valence-corrected chi connectivity index (χ3v) is 5.91. The van der Waals surface area contributed by atoms with Crippen LogP contribution in [0.5, 0.6) is 0 Å². The number of carbonyl (C=O) groups is 2. The van der Waals surface area contributed by atoms with Gasteiger partial charge in [0.2, 0.25) is 0 Å². The molecule has 2 saturated heterocycles. The number of carboxylic acids is 1. The van der Waals surface area contributed by atoms with E-state index in [4.69, 9.17) is 14.6 Å². The Kier molecular flexibility index (Phi) is 7.34. The average molecular weight is 460 g/mol. The number of fused-ring (bicyclic) bond motifs is 1. The van der Waals surface area contributed by atoms with Gasteiger partial charge in [-0.1, -0.05) is 0 Å². The zero-order valence-corrected chi connectivity index (χ0v) is 17.5. The molecule has 8 nitrogen and oxygen atoms in total. The minimum absolute atomic E-state index is 0.0122. The van der Waals surface area contributed by atoms with Crippen molar-refractivity contribution in [3.05, 3.63) is 40.6 Å². The Morgan fingerprint density at radius 1 is 1.42 bits per heavy atom. The van der Waals surface area contributed by atoms with Gasteiger partial charge in [0.05, 0.1) is 12.1 Å². The molecule has 2 N–H and O–H groups in total. The highest BCUT2D eigenvalue weighted by Gasteiger charge is 2.44. The van der Waals surface area contributed by atoms with Crippen LogP contribution in [0.15, 0.2) is 29.2 Å². The van der Waals surface area contributed by atoms with E-state index in [-0.39, 0.29) is 18.1 Å². The minimum atomic E-state index is -5.08. The Labute approximate surface area is 180 Å². The van der Waals surface area contributed by atoms with Crippen molar-refractivity contribution in [1.82, 2.24) is 19.8 Å². The summed E-state index contributed by atoms with van der Waals surface area (Å²) in [4.78, 5) is 28.0. The first kappa shape index (κ1) is 23.2. The number of aromatic nitrogens is 2. The molecule has 2 aromatic rings. The SMILES string of the molecule is Cn1ccnc1C(=O)N[C@@H]1CN(Cc2ccsc2)[C@@H]2CCCO[C@@H]21.O=C(O)C(F)(F)F. The number of aryl methyl sites for hydroxylation is 1. The largest absolute Gasteiger partial charge is 0.490 e. The Morgan fingerprint density at radius 2 is 2.16 bits per heavy atom. The molecule has 0 spiro atoms. The number of halogens is 3. The second-order valence-corrected chi connectivity index (χ2v) is 8.13. The summed E-state index contributed by atoms with van der Waals surface area (Å²) >= 11 is 1.72. The van der Waals surface area contributed by atoms with Crippen LogP contribution in [-0.4, -0.2) is 68.9 Å². The fourth-order valence-corrected chi connectivity index (χ4v) is 4.46. The Hall–Kier alpha value is -2.44. The molecule has 31 heavy (non-hydrogen) atoms. The van der Waals surface area contributed by atoms with Crippen molar-refractivity contribution in [2.24, 2.45) is 7.05 Å². The smallest absolute Gasteiger partial charge is 0.475 e. The monoisotopic (exact) mass is 460 g/mol. The van der Waals surface area contributed by atoms with E-state index in [1.54, 1.807) is 28.3 Å². The molecule has 0 aliphatic carbocycles. The third kappa shape index (κ3) is 5.83. The molecule has 0 aromatic carbocycles. The van der Waals surface area contributed by atoms with Crippen LogP contribution in [0.2, 0.25) is 0 Å². The van der Waals surface area contributed by atoms with Crippen LogP contribution in [0.25, 0.3) is 0 Å². The second-order valence-electron chi connectivity index (χ2n) is 7.35. The van der Waals surface area contributed by atoms with Crippen LogP contribution in [0.1, 0.15) is 29.0 Å². The molecule has 0 unspecified atom stereocenters. The van der Waals surface area contributed by atoms with Crippen molar-refractivity contribution in [3.63, 3.8) is 0 Å². The van der Waals surface area contributed by atoms with E-state index in [0.717, 1.165) is 32.5 Å². The lowest BCUT2D eigenvalue weighted by atomic mass is 10.0. The number of imidazole rings is 1. The molecule has 2 fully saturated rings. The summed E-state index contributed by atoms with van der Waals surface area (Å²) in [6.45, 7) is 2.52. The summed E-state index contributed by atoms with van der Waals surface area (Å²) < 4.78 is 39.5. The second kappa shape index (κ2) is 9.79. The van der Waals surface area contributed by atoms with E-state index in [9.17, 15) is 18.0 Å². The number of hydrogen-bond donors (Lipinski definition) is 2. The van der Waals surface area contributed by atoms with Crippen molar-refractivity contribution in [2.75, 3.05) is 13.2 Å². The van der Waals surface area contributed by atoms with Crippen LogP contribution in [0.4, 0.5) is 13.2 Å². The topological polar surface area (TPSA) is 96.7 Å². The van der Waals surface area contributed by atoms with Gasteiger partial charge in [-0.2, -0.15) is 24.5 Å². The number of hydrogen-bond acceptors (Lipinski definition) is 6. The number of nitrogens with one attached hydrogen (secondary N) is 1. The summed E-state index contributed by atoms with van der Waals surface area (Å²) in [5.41, 5.74) is 1.33. The maximum Gasteiger partial charge on any atom is 0.490 e. The summed E-state index contributed by atoms with van der Waals surface area (Å²) in [6, 6.07) is 2.56. The molecule has 0 saturated carbocycles. The molecular weight excluding hydrogens is 437 g/mol. The van der Waals surface area contributed by atoms with Crippen molar-refractivity contribution < 1.29 is 32.6 Å². The number of likely N-dealkylation sites (tertiary alicyclic amines) is 1. The highest BCUT2D eigenvalue weighted by molar-refractivity contribution is 7.07. The first-order valence-electron chi connectivity index (χ1n) is 9.62. The predicted octanol–water partition coefficient (Wildman–Crippen LogP) is 2.28. The molecule has 2 aliphatic rings. The molecule has 1 amide bonds. The molecule has 2 aliphatic heterocycles. The molecular formula is C19H23F3N4O4S. The van der Waals surface area contributed by atoms with Gasteiger partial charge in [-0.15, -0.1) is 0 Å². The number of carbonyl (C=O) groups excluding carboxylic acids is 1. The number of alkyl halides is 3. The van der Waals surface area contributed by atoms with Crippen LogP contribution < -0.4 is 5.32 Å². The maximum absolute atomic E-state index is 12.5. The van der Waals surface area contributed by atoms with E-state index in [1.807, 2.05) is 7.05 Å². The summed E-state index contributed by atoms with van der Waals surface area (Å²) in [6.07, 6.45) is 0.630. The first-order chi connectivity index (χ1) is 14.7. The Bertz CT molecular complexity index is 887. The van der Waals surface area contributed by atoms with E-state index >= 15 is 0 Å². The van der Waals surface area contributed by atoms with Crippen LogP contribution in [-0.2, 0) is 23.1 Å². The number of ether oxygens (including phenoxy) is 1. The number of rotatable bonds is 4. The number of carboxylic acid groups (broad SMARTS) is 1. The Morgan fingerprint density at radius 3 is 2.74 bits per heavy atom. The summed E-state index contributed by atoms with van der Waals surface area (Å²) in [7, 11) is 1.83. The molecule has 3 atom stereocenters. The third-order valence-electron chi connectivity index (χ3n) is 5.18. The van der Waals surface area contributed by atoms with Gasteiger partial charge in [0.1, 0.15) is 0 Å². The lowest BCUT2D eigenvalue weighted by Crippen LogP contribution is -2.48. The van der Waals surface area contributed by atoms with E-state index in [0.29, 0.717) is 11.9 Å². The van der Waals surface area contributed by atoms with Gasteiger partial charge in [0, 0.05) is 45.2 Å². The maximum atomic E-state index is 12.5. The van der Waals surface area contributed by atoms with Crippen LogP contribution in [0, 0.1) is 0 Å². The molecule has 0 bridgehead atoms. The highest BCUT2D eigenvalue weighted by atomic mass is 32.1. The van der Waals surface area contributed by atoms with Gasteiger partial charge in [0.15, 0.2) is 5.82 Å². The van der Waals surface area contributed by atoms with Gasteiger partial charge >= 0.3 is 12.1 Å². The molecule has 12 heteroatoms. The van der Waals surface area contributed by atoms with Gasteiger partial charge in [0.25, 0.3) is 5.91 Å². The molecule has 4 rings (SSSR count). The van der Waals surface area contributed by atoms with Gasteiger partial charge in [-0.25, -0.2) is 9.78 Å². The van der Waals surface area contributed by atoms with E-state index in [2.05, 4.69) is 32.0 Å². The highest BCUT2D eigenvalue weighted by Crippen LogP contribution is 2.30. The predicted molar refractivity (Wildman–Crippen MR) is 106 cm³/mol. The lowest BCUT2D eigenvalue weighted by Gasteiger charge is -2.32. The first-order valence-corrected chi connectivity index (χ1v) is 10.6. The van der Waals surface area contributed by atoms with Crippen molar-refractivity contribution in [3.8, 4) is 0 Å². The molecule has 4 heterocycles. The van der Waals surface area contributed by atoms with Crippen LogP contribution in [0.3, 0.4) is 0 Å². The quantitative estimate of drug-likeness (QED) is 0.727. The molecule has 0 radical (unpaired) electrons. The van der Waals surface area contributed by atoms with Gasteiger partial charge < -0.3 is 19.7 Å². The average Bonchev–Trinajstić information content (AvgIpc) is 3.44. The van der Waals surface area contributed by atoms with Crippen molar-refractivity contribution in [2.45, 2.75) is 43.8 Å². The molecule has 2 aromatic heterocycles. The van der Waals surface area contributed by atoms with Crippen molar-refractivity contribution in [1.29, 1.82) is 0 Å². The van der Waals surface area contributed by atoms with Gasteiger partial charge in [-0.05, 0) is 35.2 Å². The lowest BCUT2D eigenvalue weighted by molar-refractivity contribution is -0.192. The normalized spacial score (nSPS) is 23.5. The van der Waals surface area contributed by atoms with E-state index < -0.39 is 12.1 Å². The Balaban J connectivity index is 0.000000339. The summed E-state index contributed by atoms with van der Waals surface area (Å²) in [5, 5.41) is 14.6. The van der Waals surface area contributed by atoms with Crippen molar-refractivity contribution >= 4 is 23.2 Å². The number of thiophene rings is 1. The summed E-state index contributed by atoms with van der Waals surface area (Å²) in [5.74, 6) is -2.44.